The molecule has 0 aliphatic heterocycles. The van der Waals surface area contributed by atoms with Crippen LogP contribution in [0.15, 0.2) is 54.9 Å². The van der Waals surface area contributed by atoms with Crippen LogP contribution >= 0.6 is 0 Å². The molecular formula is C21H20N4O5. The molecule has 0 radical (unpaired) electrons. The molecule has 3 aromatic rings. The highest BCUT2D eigenvalue weighted by Gasteiger charge is 2.09. The first-order chi connectivity index (χ1) is 14.4. The number of aromatic hydroxyl groups is 1. The number of amides is 2. The van der Waals surface area contributed by atoms with E-state index in [-0.39, 0.29) is 29.9 Å². The maximum atomic E-state index is 12.3. The highest BCUT2D eigenvalue weighted by molar-refractivity contribution is 5.92. The van der Waals surface area contributed by atoms with Gasteiger partial charge in [-0.15, -0.1) is 0 Å². The van der Waals surface area contributed by atoms with Crippen molar-refractivity contribution in [2.75, 3.05) is 17.7 Å². The summed E-state index contributed by atoms with van der Waals surface area (Å²) in [6, 6.07) is 13.0. The molecule has 30 heavy (non-hydrogen) atoms. The molecule has 0 unspecified atom stereocenters. The van der Waals surface area contributed by atoms with Gasteiger partial charge in [-0.05, 0) is 42.0 Å². The van der Waals surface area contributed by atoms with Crippen LogP contribution in [0.5, 0.6) is 23.1 Å². The molecule has 2 aromatic carbocycles. The van der Waals surface area contributed by atoms with Crippen LogP contribution in [-0.4, -0.2) is 34.0 Å². The molecule has 0 fully saturated rings. The van der Waals surface area contributed by atoms with Gasteiger partial charge in [0.2, 0.25) is 17.7 Å². The van der Waals surface area contributed by atoms with Gasteiger partial charge in [0.25, 0.3) is 0 Å². The minimum absolute atomic E-state index is 0.0186. The molecule has 9 heteroatoms. The number of hydrogen-bond acceptors (Lipinski definition) is 7. The number of rotatable bonds is 7. The number of ether oxygens (including phenoxy) is 2. The average molecular weight is 408 g/mol. The lowest BCUT2D eigenvalue weighted by Gasteiger charge is -2.09. The molecule has 1 heterocycles. The van der Waals surface area contributed by atoms with E-state index in [9.17, 15) is 14.7 Å². The number of carbonyl (C=O) groups is 2. The monoisotopic (exact) mass is 408 g/mol. The first-order valence-electron chi connectivity index (χ1n) is 8.96. The smallest absolute Gasteiger partial charge is 0.228 e. The highest BCUT2D eigenvalue weighted by Crippen LogP contribution is 2.27. The Morgan fingerprint density at radius 3 is 2.50 bits per heavy atom. The number of nitrogens with zero attached hydrogens (tertiary/aromatic N) is 2. The third-order valence-electron chi connectivity index (χ3n) is 3.92. The molecule has 0 spiro atoms. The Morgan fingerprint density at radius 1 is 1.03 bits per heavy atom. The molecular weight excluding hydrogens is 388 g/mol. The lowest BCUT2D eigenvalue weighted by atomic mass is 10.1. The Labute approximate surface area is 172 Å². The Hall–Kier alpha value is -4.14. The van der Waals surface area contributed by atoms with Gasteiger partial charge in [0.15, 0.2) is 11.5 Å². The zero-order valence-electron chi connectivity index (χ0n) is 16.4. The maximum absolute atomic E-state index is 12.3. The third-order valence-corrected chi connectivity index (χ3v) is 3.92. The topological polar surface area (TPSA) is 123 Å². The van der Waals surface area contributed by atoms with Crippen molar-refractivity contribution >= 4 is 23.3 Å². The van der Waals surface area contributed by atoms with Gasteiger partial charge in [-0.1, -0.05) is 6.07 Å². The predicted octanol–water partition coefficient (Wildman–Crippen LogP) is 3.12. The van der Waals surface area contributed by atoms with Gasteiger partial charge in [-0.2, -0.15) is 0 Å². The third kappa shape index (κ3) is 5.68. The summed E-state index contributed by atoms with van der Waals surface area (Å²) in [5, 5.41) is 15.0. The van der Waals surface area contributed by atoms with E-state index in [1.54, 1.807) is 36.4 Å². The predicted molar refractivity (Wildman–Crippen MR) is 110 cm³/mol. The summed E-state index contributed by atoms with van der Waals surface area (Å²) in [5.41, 5.74) is 1.31. The number of phenolic OH excluding ortho intramolecular Hbond substituents is 1. The first-order valence-corrected chi connectivity index (χ1v) is 8.96. The van der Waals surface area contributed by atoms with E-state index in [4.69, 9.17) is 9.47 Å². The summed E-state index contributed by atoms with van der Waals surface area (Å²) >= 11 is 0. The van der Waals surface area contributed by atoms with Crippen LogP contribution in [0, 0.1) is 0 Å². The molecule has 0 aliphatic carbocycles. The summed E-state index contributed by atoms with van der Waals surface area (Å²) in [4.78, 5) is 31.3. The van der Waals surface area contributed by atoms with Crippen molar-refractivity contribution in [2.24, 2.45) is 0 Å². The van der Waals surface area contributed by atoms with Crippen LogP contribution in [0.1, 0.15) is 12.5 Å². The van der Waals surface area contributed by atoms with E-state index in [1.165, 1.54) is 32.5 Å². The molecule has 0 bridgehead atoms. The second kappa shape index (κ2) is 9.37. The van der Waals surface area contributed by atoms with Gasteiger partial charge < -0.3 is 25.2 Å². The number of anilines is 2. The van der Waals surface area contributed by atoms with E-state index in [2.05, 4.69) is 20.6 Å². The number of benzene rings is 2. The van der Waals surface area contributed by atoms with Crippen LogP contribution in [0.4, 0.5) is 11.5 Å². The zero-order valence-corrected chi connectivity index (χ0v) is 16.4. The lowest BCUT2D eigenvalue weighted by molar-refractivity contribution is -0.116. The molecule has 154 valence electrons. The molecule has 0 aliphatic rings. The molecule has 3 rings (SSSR count). The van der Waals surface area contributed by atoms with Crippen molar-refractivity contribution < 1.29 is 24.2 Å². The number of methoxy groups -OCH3 is 1. The normalized spacial score (nSPS) is 10.2. The van der Waals surface area contributed by atoms with Crippen molar-refractivity contribution in [3.05, 3.63) is 60.4 Å². The molecule has 2 amide bonds. The number of hydrogen-bond donors (Lipinski definition) is 3. The number of nitrogens with one attached hydrogen (secondary N) is 2. The van der Waals surface area contributed by atoms with Gasteiger partial charge in [-0.3, -0.25) is 9.59 Å². The fraction of sp³-hybridized carbons (Fsp3) is 0.143. The fourth-order valence-electron chi connectivity index (χ4n) is 2.59. The van der Waals surface area contributed by atoms with Crippen molar-refractivity contribution in [1.29, 1.82) is 0 Å². The van der Waals surface area contributed by atoms with Crippen LogP contribution in [0.3, 0.4) is 0 Å². The lowest BCUT2D eigenvalue weighted by Crippen LogP contribution is -2.14. The molecule has 0 saturated heterocycles. The fourth-order valence-corrected chi connectivity index (χ4v) is 2.59. The van der Waals surface area contributed by atoms with E-state index in [0.717, 1.165) is 0 Å². The van der Waals surface area contributed by atoms with E-state index in [1.807, 2.05) is 0 Å². The SMILES string of the molecule is COc1cc(CC(=O)Nc2ccc(Oc3cc(NC(C)=O)ncn3)cc2)ccc1O. The number of phenols is 1. The van der Waals surface area contributed by atoms with Gasteiger partial charge in [0.1, 0.15) is 17.9 Å². The zero-order chi connectivity index (χ0) is 21.5. The van der Waals surface area contributed by atoms with Crippen LogP contribution in [-0.2, 0) is 16.0 Å². The summed E-state index contributed by atoms with van der Waals surface area (Å²) in [7, 11) is 1.45. The molecule has 9 nitrogen and oxygen atoms in total. The van der Waals surface area contributed by atoms with Gasteiger partial charge in [-0.25, -0.2) is 9.97 Å². The summed E-state index contributed by atoms with van der Waals surface area (Å²) in [6.07, 6.45) is 1.41. The minimum Gasteiger partial charge on any atom is -0.504 e. The maximum Gasteiger partial charge on any atom is 0.228 e. The Bertz CT molecular complexity index is 1050. The number of aromatic nitrogens is 2. The largest absolute Gasteiger partial charge is 0.504 e. The van der Waals surface area contributed by atoms with Crippen molar-refractivity contribution in [3.63, 3.8) is 0 Å². The van der Waals surface area contributed by atoms with Gasteiger partial charge in [0, 0.05) is 18.7 Å². The Kier molecular flexibility index (Phi) is 6.43. The minimum atomic E-state index is -0.245. The summed E-state index contributed by atoms with van der Waals surface area (Å²) < 4.78 is 10.7. The highest BCUT2D eigenvalue weighted by atomic mass is 16.5. The van der Waals surface area contributed by atoms with Crippen LogP contribution < -0.4 is 20.1 Å². The molecule has 1 aromatic heterocycles. The molecule has 0 saturated carbocycles. The van der Waals surface area contributed by atoms with Crippen LogP contribution in [0.25, 0.3) is 0 Å². The quantitative estimate of drug-likeness (QED) is 0.549. The summed E-state index contributed by atoms with van der Waals surface area (Å²) in [5.74, 6) is 0.980. The van der Waals surface area contributed by atoms with Crippen molar-refractivity contribution in [2.45, 2.75) is 13.3 Å². The summed E-state index contributed by atoms with van der Waals surface area (Å²) in [6.45, 7) is 1.38. The van der Waals surface area contributed by atoms with E-state index in [0.29, 0.717) is 28.6 Å². The average Bonchev–Trinajstić information content (AvgIpc) is 2.70. The van der Waals surface area contributed by atoms with Gasteiger partial charge in [0.05, 0.1) is 13.5 Å². The molecule has 3 N–H and O–H groups in total. The first kappa shape index (κ1) is 20.6. The number of carbonyl (C=O) groups excluding carboxylic acids is 2. The Morgan fingerprint density at radius 2 is 1.80 bits per heavy atom. The molecule has 0 atom stereocenters. The standard InChI is InChI=1S/C21H20N4O5/c1-13(26)24-19-11-21(23-12-22-19)30-16-6-4-15(5-7-16)25-20(28)10-14-3-8-17(27)18(9-14)29-2/h3-9,11-12,27H,10H2,1-2H3,(H,25,28)(H,22,23,24,26). The van der Waals surface area contributed by atoms with E-state index < -0.39 is 0 Å². The second-order valence-corrected chi connectivity index (χ2v) is 6.28. The second-order valence-electron chi connectivity index (χ2n) is 6.28. The van der Waals surface area contributed by atoms with Crippen LogP contribution in [0.2, 0.25) is 0 Å². The van der Waals surface area contributed by atoms with Gasteiger partial charge >= 0.3 is 0 Å². The van der Waals surface area contributed by atoms with E-state index >= 15 is 0 Å². The van der Waals surface area contributed by atoms with Crippen molar-refractivity contribution in [1.82, 2.24) is 9.97 Å². The van der Waals surface area contributed by atoms with Crippen molar-refractivity contribution in [3.8, 4) is 23.1 Å². The Balaban J connectivity index is 1.59.